The number of rotatable bonds is 3. The number of nitro benzene ring substituents is 1. The van der Waals surface area contributed by atoms with Gasteiger partial charge in [-0.2, -0.15) is 0 Å². The lowest BCUT2D eigenvalue weighted by Crippen LogP contribution is -2.05. The number of non-ortho nitro benzene ring substituents is 1. The lowest BCUT2D eigenvalue weighted by Gasteiger charge is -2.16. The Morgan fingerprint density at radius 2 is 1.62 bits per heavy atom. The van der Waals surface area contributed by atoms with Gasteiger partial charge in [-0.15, -0.1) is 11.8 Å². The van der Waals surface area contributed by atoms with Gasteiger partial charge in [0.25, 0.3) is 5.69 Å². The zero-order chi connectivity index (χ0) is 17.9. The molecule has 128 valence electrons. The van der Waals surface area contributed by atoms with Gasteiger partial charge in [0.1, 0.15) is 0 Å². The summed E-state index contributed by atoms with van der Waals surface area (Å²) in [5.74, 6) is 0. The molecule has 0 amide bonds. The van der Waals surface area contributed by atoms with Crippen LogP contribution in [0.15, 0.2) is 88.8 Å². The number of aliphatic imine (C=N–C) groups is 1. The normalized spacial score (nSPS) is 16.3. The Hall–Kier alpha value is -2.92. The third-order valence-electron chi connectivity index (χ3n) is 4.35. The molecule has 0 radical (unpaired) electrons. The van der Waals surface area contributed by atoms with Crippen molar-refractivity contribution in [2.24, 2.45) is 4.99 Å². The van der Waals surface area contributed by atoms with Crippen LogP contribution in [0.25, 0.3) is 0 Å². The van der Waals surface area contributed by atoms with Crippen LogP contribution >= 0.6 is 11.8 Å². The van der Waals surface area contributed by atoms with E-state index in [4.69, 9.17) is 4.99 Å². The molecule has 0 saturated heterocycles. The summed E-state index contributed by atoms with van der Waals surface area (Å²) in [5.41, 5.74) is 4.17. The summed E-state index contributed by atoms with van der Waals surface area (Å²) in [6.45, 7) is 0. The average molecular weight is 360 g/mol. The largest absolute Gasteiger partial charge is 0.269 e. The van der Waals surface area contributed by atoms with Gasteiger partial charge in [0.2, 0.25) is 0 Å². The van der Waals surface area contributed by atoms with Crippen molar-refractivity contribution in [3.8, 4) is 0 Å². The van der Waals surface area contributed by atoms with E-state index in [0.29, 0.717) is 0 Å². The fourth-order valence-corrected chi connectivity index (χ4v) is 4.25. The molecule has 26 heavy (non-hydrogen) atoms. The van der Waals surface area contributed by atoms with Crippen molar-refractivity contribution in [3.05, 3.63) is 100 Å². The summed E-state index contributed by atoms with van der Waals surface area (Å²) in [4.78, 5) is 16.6. The average Bonchev–Trinajstić information content (AvgIpc) is 2.88. The van der Waals surface area contributed by atoms with E-state index in [2.05, 4.69) is 30.3 Å². The summed E-state index contributed by atoms with van der Waals surface area (Å²) >= 11 is 1.81. The molecule has 1 heterocycles. The van der Waals surface area contributed by atoms with Crippen molar-refractivity contribution in [1.29, 1.82) is 0 Å². The summed E-state index contributed by atoms with van der Waals surface area (Å²) in [7, 11) is 0. The molecule has 0 unspecified atom stereocenters. The van der Waals surface area contributed by atoms with Crippen LogP contribution in [0.1, 0.15) is 22.8 Å². The summed E-state index contributed by atoms with van der Waals surface area (Å²) in [6, 6.07) is 25.2. The van der Waals surface area contributed by atoms with Crippen LogP contribution < -0.4 is 0 Å². The first-order valence-corrected chi connectivity index (χ1v) is 9.22. The Kier molecular flexibility index (Phi) is 4.54. The van der Waals surface area contributed by atoms with Gasteiger partial charge in [0.15, 0.2) is 0 Å². The van der Waals surface area contributed by atoms with Crippen LogP contribution in [0.2, 0.25) is 0 Å². The summed E-state index contributed by atoms with van der Waals surface area (Å²) in [5, 5.41) is 11.2. The Morgan fingerprint density at radius 1 is 0.923 bits per heavy atom. The second-order valence-electron chi connectivity index (χ2n) is 6.05. The van der Waals surface area contributed by atoms with E-state index < -0.39 is 0 Å². The van der Waals surface area contributed by atoms with E-state index in [1.54, 1.807) is 24.3 Å². The van der Waals surface area contributed by atoms with Crippen molar-refractivity contribution >= 4 is 28.8 Å². The number of nitro groups is 1. The number of nitrogens with zero attached hydrogens (tertiary/aromatic N) is 2. The van der Waals surface area contributed by atoms with Crippen LogP contribution in [0, 0.1) is 10.1 Å². The molecule has 5 heteroatoms. The van der Waals surface area contributed by atoms with Crippen LogP contribution in [0.4, 0.5) is 11.4 Å². The third kappa shape index (κ3) is 3.39. The molecule has 1 atom stereocenters. The zero-order valence-corrected chi connectivity index (χ0v) is 14.7. The Morgan fingerprint density at radius 3 is 2.35 bits per heavy atom. The van der Waals surface area contributed by atoms with Gasteiger partial charge >= 0.3 is 0 Å². The highest BCUT2D eigenvalue weighted by Crippen LogP contribution is 2.45. The molecule has 4 nitrogen and oxygen atoms in total. The van der Waals surface area contributed by atoms with E-state index in [1.165, 1.54) is 5.56 Å². The molecular formula is C21H16N2O2S. The maximum absolute atomic E-state index is 10.9. The van der Waals surface area contributed by atoms with Crippen molar-refractivity contribution < 1.29 is 4.92 Å². The number of hydrogen-bond donors (Lipinski definition) is 0. The van der Waals surface area contributed by atoms with E-state index in [1.807, 2.05) is 36.0 Å². The number of hydrogen-bond acceptors (Lipinski definition) is 4. The first-order valence-electron chi connectivity index (χ1n) is 8.34. The predicted octanol–water partition coefficient (Wildman–Crippen LogP) is 5.95. The monoisotopic (exact) mass is 360 g/mol. The van der Waals surface area contributed by atoms with E-state index in [0.717, 1.165) is 28.3 Å². The van der Waals surface area contributed by atoms with Gasteiger partial charge in [-0.05, 0) is 35.4 Å². The molecule has 0 saturated carbocycles. The molecule has 3 aromatic carbocycles. The number of fused-ring (bicyclic) bond motifs is 1. The van der Waals surface area contributed by atoms with Gasteiger partial charge in [0, 0.05) is 34.4 Å². The van der Waals surface area contributed by atoms with Gasteiger partial charge in [-0.3, -0.25) is 15.1 Å². The number of benzene rings is 3. The second kappa shape index (κ2) is 7.14. The fraction of sp³-hybridized carbons (Fsp3) is 0.0952. The molecule has 4 rings (SSSR count). The predicted molar refractivity (Wildman–Crippen MR) is 105 cm³/mol. The highest BCUT2D eigenvalue weighted by molar-refractivity contribution is 7.99. The van der Waals surface area contributed by atoms with Gasteiger partial charge in [0.05, 0.1) is 10.6 Å². The van der Waals surface area contributed by atoms with Gasteiger partial charge in [-0.25, -0.2) is 0 Å². The molecule has 0 bridgehead atoms. The highest BCUT2D eigenvalue weighted by atomic mass is 32.2. The standard InChI is InChI=1S/C21H16N2O2S/c24-23(25)17-12-10-15(11-13-17)19-14-21(16-6-2-1-3-7-16)26-20-9-5-4-8-18(20)22-19/h1-13,21H,14H2/t21-/m1/s1. The molecule has 1 aliphatic rings. The van der Waals surface area contributed by atoms with Crippen molar-refractivity contribution in [1.82, 2.24) is 0 Å². The first-order chi connectivity index (χ1) is 12.7. The molecular weight excluding hydrogens is 344 g/mol. The molecule has 1 aliphatic heterocycles. The maximum atomic E-state index is 10.9. The molecule has 3 aromatic rings. The smallest absolute Gasteiger partial charge is 0.258 e. The van der Waals surface area contributed by atoms with Crippen molar-refractivity contribution in [3.63, 3.8) is 0 Å². The second-order valence-corrected chi connectivity index (χ2v) is 7.30. The van der Waals surface area contributed by atoms with Gasteiger partial charge < -0.3 is 0 Å². The molecule has 0 spiro atoms. The Labute approximate surface area is 155 Å². The highest BCUT2D eigenvalue weighted by Gasteiger charge is 2.22. The minimum atomic E-state index is -0.378. The van der Waals surface area contributed by atoms with E-state index >= 15 is 0 Å². The maximum Gasteiger partial charge on any atom is 0.269 e. The van der Waals surface area contributed by atoms with Crippen LogP contribution in [-0.4, -0.2) is 10.6 Å². The van der Waals surface area contributed by atoms with Crippen molar-refractivity contribution in [2.75, 3.05) is 0 Å². The summed E-state index contributed by atoms with van der Waals surface area (Å²) < 4.78 is 0. The number of thioether (sulfide) groups is 1. The third-order valence-corrected chi connectivity index (χ3v) is 5.67. The Bertz CT molecular complexity index is 969. The topological polar surface area (TPSA) is 55.5 Å². The van der Waals surface area contributed by atoms with Gasteiger partial charge in [-0.1, -0.05) is 42.5 Å². The summed E-state index contributed by atoms with van der Waals surface area (Å²) in [6.07, 6.45) is 0.765. The zero-order valence-electron chi connectivity index (χ0n) is 13.9. The minimum Gasteiger partial charge on any atom is -0.258 e. The van der Waals surface area contributed by atoms with E-state index in [-0.39, 0.29) is 15.9 Å². The lowest BCUT2D eigenvalue weighted by molar-refractivity contribution is -0.384. The SMILES string of the molecule is O=[N+]([O-])c1ccc(C2=Nc3ccccc3S[C@@H](c3ccccc3)C2)cc1. The fourth-order valence-electron chi connectivity index (χ4n) is 3.02. The quantitative estimate of drug-likeness (QED) is 0.428. The van der Waals surface area contributed by atoms with Crippen LogP contribution in [0.3, 0.4) is 0 Å². The van der Waals surface area contributed by atoms with E-state index in [9.17, 15) is 10.1 Å². The molecule has 0 aliphatic carbocycles. The van der Waals surface area contributed by atoms with Crippen LogP contribution in [0.5, 0.6) is 0 Å². The number of para-hydroxylation sites is 1. The molecule has 0 aromatic heterocycles. The van der Waals surface area contributed by atoms with Crippen molar-refractivity contribution in [2.45, 2.75) is 16.6 Å². The molecule has 0 N–H and O–H groups in total. The van der Waals surface area contributed by atoms with Crippen LogP contribution in [-0.2, 0) is 0 Å². The lowest BCUT2D eigenvalue weighted by atomic mass is 10.0. The minimum absolute atomic E-state index is 0.0948. The molecule has 0 fully saturated rings. The Balaban J connectivity index is 1.77. The first kappa shape index (κ1) is 16.5.